The van der Waals surface area contributed by atoms with Gasteiger partial charge in [-0.2, -0.15) is 0 Å². The van der Waals surface area contributed by atoms with Crippen LogP contribution in [0.25, 0.3) is 0 Å². The van der Waals surface area contributed by atoms with Gasteiger partial charge in [0.1, 0.15) is 6.04 Å². The number of hydrogen-bond donors (Lipinski definition) is 3. The number of rotatable bonds is 1. The third kappa shape index (κ3) is 1.07. The molecule has 6 heteroatoms. The molecule has 1 heterocycles. The minimum atomic E-state index is -1.21. The molecule has 2 aliphatic rings. The molecule has 1 aliphatic carbocycles. The average molecular weight is 201 g/mol. The van der Waals surface area contributed by atoms with Gasteiger partial charge >= 0.3 is 12.1 Å². The summed E-state index contributed by atoms with van der Waals surface area (Å²) < 4.78 is 0. The smallest absolute Gasteiger partial charge is 0.408 e. The van der Waals surface area contributed by atoms with Crippen molar-refractivity contribution < 1.29 is 24.9 Å². The third-order valence-corrected chi connectivity index (χ3v) is 3.12. The maximum Gasteiger partial charge on any atom is 0.408 e. The number of carboxylic acids is 1. The maximum atomic E-state index is 10.8. The van der Waals surface area contributed by atoms with Crippen molar-refractivity contribution in [3.05, 3.63) is 0 Å². The molecular weight excluding hydrogens is 190 g/mol. The summed E-state index contributed by atoms with van der Waals surface area (Å²) in [4.78, 5) is 22.6. The molecule has 6 nitrogen and oxygen atoms in total. The van der Waals surface area contributed by atoms with Crippen molar-refractivity contribution in [2.45, 2.75) is 31.0 Å². The lowest BCUT2D eigenvalue weighted by Crippen LogP contribution is -2.52. The first-order chi connectivity index (χ1) is 6.52. The van der Waals surface area contributed by atoms with E-state index in [1.165, 1.54) is 0 Å². The highest BCUT2D eigenvalue weighted by atomic mass is 16.4. The predicted molar refractivity (Wildman–Crippen MR) is 43.8 cm³/mol. The number of piperidine rings is 1. The van der Waals surface area contributed by atoms with Crippen molar-refractivity contribution in [1.82, 2.24) is 4.90 Å². The molecule has 1 saturated carbocycles. The van der Waals surface area contributed by atoms with Crippen LogP contribution in [0.5, 0.6) is 0 Å². The zero-order valence-electron chi connectivity index (χ0n) is 7.33. The molecule has 0 radical (unpaired) electrons. The minimum absolute atomic E-state index is 0.325. The number of carbonyl (C=O) groups is 2. The van der Waals surface area contributed by atoms with E-state index in [9.17, 15) is 14.7 Å². The Kier molecular flexibility index (Phi) is 1.88. The molecule has 0 aromatic heterocycles. The second-order valence-electron chi connectivity index (χ2n) is 3.83. The maximum absolute atomic E-state index is 10.8. The van der Waals surface area contributed by atoms with Crippen LogP contribution in [0.15, 0.2) is 0 Å². The topological polar surface area (TPSA) is 98.1 Å². The van der Waals surface area contributed by atoms with Gasteiger partial charge in [-0.25, -0.2) is 9.59 Å². The van der Waals surface area contributed by atoms with Gasteiger partial charge < -0.3 is 15.3 Å². The molecule has 1 saturated heterocycles. The summed E-state index contributed by atoms with van der Waals surface area (Å²) in [6.07, 6.45) is -1.06. The summed E-state index contributed by atoms with van der Waals surface area (Å²) in [6.45, 7) is 0. The highest BCUT2D eigenvalue weighted by Gasteiger charge is 2.55. The number of likely N-dealkylation sites (tertiary alicyclic amines) is 1. The van der Waals surface area contributed by atoms with E-state index < -0.39 is 30.1 Å². The summed E-state index contributed by atoms with van der Waals surface area (Å²) in [5.41, 5.74) is 0. The van der Waals surface area contributed by atoms with Gasteiger partial charge in [0.2, 0.25) is 0 Å². The number of aliphatic carboxylic acids is 1. The van der Waals surface area contributed by atoms with Gasteiger partial charge in [-0.05, 0) is 12.8 Å². The Morgan fingerprint density at radius 1 is 1.21 bits per heavy atom. The van der Waals surface area contributed by atoms with Crippen LogP contribution in [0.1, 0.15) is 12.8 Å². The Bertz CT molecular complexity index is 291. The van der Waals surface area contributed by atoms with Crippen molar-refractivity contribution in [3.63, 3.8) is 0 Å². The first-order valence-corrected chi connectivity index (χ1v) is 4.44. The number of amides is 1. The number of hydrogen-bond acceptors (Lipinski definition) is 3. The summed E-state index contributed by atoms with van der Waals surface area (Å²) >= 11 is 0. The molecule has 14 heavy (non-hydrogen) atoms. The Morgan fingerprint density at radius 2 is 1.86 bits per heavy atom. The molecule has 0 aromatic carbocycles. The SMILES string of the molecule is O=C(O)C1C2CC(C[C@@H]2O)N1C(=O)O. The van der Waals surface area contributed by atoms with Crippen molar-refractivity contribution in [2.75, 3.05) is 0 Å². The standard InChI is InChI=1S/C8H11NO5/c10-5-2-3-1-4(5)6(7(11)12)9(3)8(13)14/h3-6,10H,1-2H2,(H,11,12)(H,13,14)/t3?,4?,5-,6?/m0/s1. The summed E-state index contributed by atoms with van der Waals surface area (Å²) in [5.74, 6) is -1.60. The lowest BCUT2D eigenvalue weighted by molar-refractivity contribution is -0.146. The average Bonchev–Trinajstić information content (AvgIpc) is 2.58. The van der Waals surface area contributed by atoms with E-state index in [4.69, 9.17) is 10.2 Å². The normalized spacial score (nSPS) is 40.2. The first kappa shape index (κ1) is 9.26. The van der Waals surface area contributed by atoms with Crippen LogP contribution in [0.2, 0.25) is 0 Å². The molecule has 0 spiro atoms. The van der Waals surface area contributed by atoms with Crippen molar-refractivity contribution in [3.8, 4) is 0 Å². The van der Waals surface area contributed by atoms with Gasteiger partial charge in [-0.15, -0.1) is 0 Å². The molecule has 3 N–H and O–H groups in total. The molecule has 2 bridgehead atoms. The fourth-order valence-electron chi connectivity index (χ4n) is 2.60. The summed E-state index contributed by atoms with van der Waals surface area (Å²) in [6, 6.07) is -1.39. The Hall–Kier alpha value is -1.30. The molecule has 4 atom stereocenters. The molecule has 3 unspecified atom stereocenters. The van der Waals surface area contributed by atoms with Crippen LogP contribution in [0.3, 0.4) is 0 Å². The van der Waals surface area contributed by atoms with E-state index in [-0.39, 0.29) is 6.04 Å². The minimum Gasteiger partial charge on any atom is -0.480 e. The van der Waals surface area contributed by atoms with Gasteiger partial charge in [0.25, 0.3) is 0 Å². The molecule has 1 aliphatic heterocycles. The van der Waals surface area contributed by atoms with Crippen LogP contribution < -0.4 is 0 Å². The van der Waals surface area contributed by atoms with Gasteiger partial charge in [0.05, 0.1) is 6.10 Å². The monoisotopic (exact) mass is 201 g/mol. The van der Waals surface area contributed by atoms with Crippen molar-refractivity contribution >= 4 is 12.1 Å². The summed E-state index contributed by atoms with van der Waals surface area (Å²) in [7, 11) is 0. The number of carboxylic acid groups (broad SMARTS) is 2. The van der Waals surface area contributed by atoms with E-state index in [1.54, 1.807) is 0 Å². The van der Waals surface area contributed by atoms with E-state index in [0.29, 0.717) is 12.8 Å². The van der Waals surface area contributed by atoms with Gasteiger partial charge in [0, 0.05) is 12.0 Å². The lowest BCUT2D eigenvalue weighted by atomic mass is 9.96. The van der Waals surface area contributed by atoms with Crippen LogP contribution in [-0.2, 0) is 4.79 Å². The number of nitrogens with zero attached hydrogens (tertiary/aromatic N) is 1. The largest absolute Gasteiger partial charge is 0.480 e. The van der Waals surface area contributed by atoms with Crippen LogP contribution >= 0.6 is 0 Å². The molecule has 0 aromatic rings. The van der Waals surface area contributed by atoms with E-state index in [1.807, 2.05) is 0 Å². The Morgan fingerprint density at radius 3 is 2.36 bits per heavy atom. The van der Waals surface area contributed by atoms with E-state index >= 15 is 0 Å². The predicted octanol–water partition coefficient (Wildman–Crippen LogP) is -0.427. The molecule has 1 amide bonds. The first-order valence-electron chi connectivity index (χ1n) is 4.44. The van der Waals surface area contributed by atoms with E-state index in [2.05, 4.69) is 0 Å². The fourth-order valence-corrected chi connectivity index (χ4v) is 2.60. The highest BCUT2D eigenvalue weighted by Crippen LogP contribution is 2.42. The summed E-state index contributed by atoms with van der Waals surface area (Å²) in [5, 5.41) is 27.1. The van der Waals surface area contributed by atoms with Crippen molar-refractivity contribution in [2.24, 2.45) is 5.92 Å². The third-order valence-electron chi connectivity index (χ3n) is 3.12. The lowest BCUT2D eigenvalue weighted by Gasteiger charge is -2.32. The van der Waals surface area contributed by atoms with Crippen LogP contribution in [-0.4, -0.2) is 50.5 Å². The van der Waals surface area contributed by atoms with Crippen LogP contribution in [0.4, 0.5) is 4.79 Å². The molecule has 2 fully saturated rings. The second-order valence-corrected chi connectivity index (χ2v) is 3.83. The molecular formula is C8H11NO5. The van der Waals surface area contributed by atoms with Gasteiger partial charge in [-0.1, -0.05) is 0 Å². The zero-order valence-corrected chi connectivity index (χ0v) is 7.33. The fraction of sp³-hybridized carbons (Fsp3) is 0.750. The van der Waals surface area contributed by atoms with Gasteiger partial charge in [-0.3, -0.25) is 4.90 Å². The van der Waals surface area contributed by atoms with E-state index in [0.717, 1.165) is 4.90 Å². The number of aliphatic hydroxyl groups excluding tert-OH is 1. The number of fused-ring (bicyclic) bond motifs is 2. The second kappa shape index (κ2) is 2.84. The molecule has 78 valence electrons. The Balaban J connectivity index is 2.27. The quantitative estimate of drug-likeness (QED) is 0.535. The zero-order chi connectivity index (χ0) is 10.5. The number of aliphatic hydroxyl groups is 1. The van der Waals surface area contributed by atoms with Crippen molar-refractivity contribution in [1.29, 1.82) is 0 Å². The highest BCUT2D eigenvalue weighted by molar-refractivity contribution is 5.81. The van der Waals surface area contributed by atoms with Gasteiger partial charge in [0.15, 0.2) is 0 Å². The molecule has 2 rings (SSSR count). The van der Waals surface area contributed by atoms with Crippen LogP contribution in [0, 0.1) is 5.92 Å². The Labute approximate surface area is 79.7 Å².